The first-order chi connectivity index (χ1) is 9.77. The topological polar surface area (TPSA) is 38.3 Å². The van der Waals surface area contributed by atoms with E-state index in [1.807, 2.05) is 0 Å². The van der Waals surface area contributed by atoms with Gasteiger partial charge in [0.15, 0.2) is 0 Å². The van der Waals surface area contributed by atoms with E-state index in [-0.39, 0.29) is 18.6 Å². The number of halogens is 4. The molecule has 21 heavy (non-hydrogen) atoms. The Morgan fingerprint density at radius 3 is 2.33 bits per heavy atom. The number of alkyl halides is 3. The molecule has 0 fully saturated rings. The summed E-state index contributed by atoms with van der Waals surface area (Å²) in [6.45, 7) is 1.59. The molecule has 0 amide bonds. The second-order valence-electron chi connectivity index (χ2n) is 4.43. The summed E-state index contributed by atoms with van der Waals surface area (Å²) in [5, 5.41) is 2.13. The lowest BCUT2D eigenvalue weighted by atomic mass is 9.86. The van der Waals surface area contributed by atoms with Crippen molar-refractivity contribution in [1.82, 2.24) is 5.32 Å². The molecule has 1 unspecified atom stereocenters. The molecule has 1 aromatic rings. The van der Waals surface area contributed by atoms with Crippen LogP contribution in [-0.2, 0) is 15.1 Å². The first-order valence-corrected chi connectivity index (χ1v) is 6.51. The molecular formula is C14H17F4NO2. The molecule has 0 aliphatic heterocycles. The SMILES string of the molecule is CCOC(=O)C(CC)(NCC(F)(F)F)c1ccccc1F. The molecule has 1 rings (SSSR count). The molecule has 1 aromatic carbocycles. The minimum absolute atomic E-state index is 0.0112. The average Bonchev–Trinajstić information content (AvgIpc) is 2.41. The van der Waals surface area contributed by atoms with Gasteiger partial charge in [-0.1, -0.05) is 25.1 Å². The van der Waals surface area contributed by atoms with Gasteiger partial charge in [-0.2, -0.15) is 13.2 Å². The minimum atomic E-state index is -4.53. The zero-order chi connectivity index (χ0) is 16.1. The van der Waals surface area contributed by atoms with Crippen molar-refractivity contribution in [3.8, 4) is 0 Å². The summed E-state index contributed by atoms with van der Waals surface area (Å²) < 4.78 is 56.2. The van der Waals surface area contributed by atoms with E-state index in [0.29, 0.717) is 0 Å². The predicted octanol–water partition coefficient (Wildman–Crippen LogP) is 3.15. The van der Waals surface area contributed by atoms with Crippen LogP contribution in [0.2, 0.25) is 0 Å². The maximum absolute atomic E-state index is 14.0. The molecule has 7 heteroatoms. The number of carbonyl (C=O) groups excluding carboxylic acids is 1. The lowest BCUT2D eigenvalue weighted by molar-refractivity contribution is -0.157. The summed E-state index contributed by atoms with van der Waals surface area (Å²) in [5.74, 6) is -1.69. The van der Waals surface area contributed by atoms with Crippen molar-refractivity contribution in [1.29, 1.82) is 0 Å². The van der Waals surface area contributed by atoms with Gasteiger partial charge in [0.2, 0.25) is 0 Å². The molecule has 0 saturated carbocycles. The highest BCUT2D eigenvalue weighted by Crippen LogP contribution is 2.30. The molecular weight excluding hydrogens is 290 g/mol. The fourth-order valence-corrected chi connectivity index (χ4v) is 2.05. The van der Waals surface area contributed by atoms with Crippen molar-refractivity contribution in [2.24, 2.45) is 0 Å². The fourth-order valence-electron chi connectivity index (χ4n) is 2.05. The van der Waals surface area contributed by atoms with Gasteiger partial charge in [0, 0.05) is 5.56 Å². The summed E-state index contributed by atoms with van der Waals surface area (Å²) in [4.78, 5) is 12.1. The number of ether oxygens (including phenoxy) is 1. The molecule has 0 aromatic heterocycles. The van der Waals surface area contributed by atoms with Crippen molar-refractivity contribution in [2.75, 3.05) is 13.2 Å². The number of hydrogen-bond acceptors (Lipinski definition) is 3. The first-order valence-electron chi connectivity index (χ1n) is 6.51. The standard InChI is InChI=1S/C14H17F4NO2/c1-3-13(12(20)21-4-2,19-9-14(16,17)18)10-7-5-6-8-11(10)15/h5-8,19H,3-4,9H2,1-2H3. The van der Waals surface area contributed by atoms with Gasteiger partial charge in [-0.25, -0.2) is 9.18 Å². The van der Waals surface area contributed by atoms with E-state index >= 15 is 0 Å². The maximum Gasteiger partial charge on any atom is 0.401 e. The molecule has 0 heterocycles. The minimum Gasteiger partial charge on any atom is -0.464 e. The van der Waals surface area contributed by atoms with Crippen LogP contribution < -0.4 is 5.32 Å². The number of benzene rings is 1. The van der Waals surface area contributed by atoms with Gasteiger partial charge in [-0.15, -0.1) is 0 Å². The molecule has 0 aliphatic rings. The van der Waals surface area contributed by atoms with Crippen LogP contribution in [0.15, 0.2) is 24.3 Å². The van der Waals surface area contributed by atoms with Gasteiger partial charge in [-0.3, -0.25) is 5.32 Å². The molecule has 0 spiro atoms. The van der Waals surface area contributed by atoms with Gasteiger partial charge in [0.05, 0.1) is 13.2 Å². The summed E-state index contributed by atoms with van der Waals surface area (Å²) in [6.07, 6.45) is -4.61. The molecule has 0 saturated heterocycles. The highest BCUT2D eigenvalue weighted by atomic mass is 19.4. The van der Waals surface area contributed by atoms with Gasteiger partial charge in [0.1, 0.15) is 11.4 Å². The monoisotopic (exact) mass is 307 g/mol. The molecule has 0 radical (unpaired) electrons. The van der Waals surface area contributed by atoms with E-state index in [9.17, 15) is 22.4 Å². The van der Waals surface area contributed by atoms with Gasteiger partial charge < -0.3 is 4.74 Å². The first kappa shape index (κ1) is 17.4. The zero-order valence-electron chi connectivity index (χ0n) is 11.8. The molecule has 1 N–H and O–H groups in total. The lowest BCUT2D eigenvalue weighted by Gasteiger charge is -2.32. The fraction of sp³-hybridized carbons (Fsp3) is 0.500. The molecule has 118 valence electrons. The van der Waals surface area contributed by atoms with Crippen LogP contribution in [0.4, 0.5) is 17.6 Å². The lowest BCUT2D eigenvalue weighted by Crippen LogP contribution is -2.53. The second kappa shape index (κ2) is 6.89. The van der Waals surface area contributed by atoms with Gasteiger partial charge in [-0.05, 0) is 19.4 Å². The normalized spacial score (nSPS) is 14.6. The summed E-state index contributed by atoms with van der Waals surface area (Å²) in [6, 6.07) is 5.22. The largest absolute Gasteiger partial charge is 0.464 e. The summed E-state index contributed by atoms with van der Waals surface area (Å²) in [5.41, 5.74) is -2.02. The number of hydrogen-bond donors (Lipinski definition) is 1. The number of esters is 1. The van der Waals surface area contributed by atoms with Crippen LogP contribution in [0.25, 0.3) is 0 Å². The number of rotatable bonds is 6. The third kappa shape index (κ3) is 4.17. The Labute approximate surface area is 120 Å². The quantitative estimate of drug-likeness (QED) is 0.648. The van der Waals surface area contributed by atoms with Gasteiger partial charge in [0.25, 0.3) is 0 Å². The third-order valence-electron chi connectivity index (χ3n) is 3.08. The summed E-state index contributed by atoms with van der Waals surface area (Å²) in [7, 11) is 0. The number of nitrogens with one attached hydrogen (secondary N) is 1. The van der Waals surface area contributed by atoms with Crippen LogP contribution in [0.3, 0.4) is 0 Å². The van der Waals surface area contributed by atoms with Crippen molar-refractivity contribution < 1.29 is 27.1 Å². The van der Waals surface area contributed by atoms with Crippen molar-refractivity contribution in [2.45, 2.75) is 32.0 Å². The predicted molar refractivity (Wildman–Crippen MR) is 69.1 cm³/mol. The third-order valence-corrected chi connectivity index (χ3v) is 3.08. The number of carbonyl (C=O) groups is 1. The van der Waals surface area contributed by atoms with E-state index < -0.39 is 30.0 Å². The van der Waals surface area contributed by atoms with Crippen LogP contribution in [0.1, 0.15) is 25.8 Å². The second-order valence-corrected chi connectivity index (χ2v) is 4.43. The van der Waals surface area contributed by atoms with Crippen LogP contribution in [-0.4, -0.2) is 25.3 Å². The van der Waals surface area contributed by atoms with E-state index in [0.717, 1.165) is 6.07 Å². The highest BCUT2D eigenvalue weighted by molar-refractivity contribution is 5.82. The van der Waals surface area contributed by atoms with E-state index in [1.54, 1.807) is 0 Å². The molecule has 1 atom stereocenters. The zero-order valence-corrected chi connectivity index (χ0v) is 11.8. The van der Waals surface area contributed by atoms with E-state index in [4.69, 9.17) is 4.74 Å². The van der Waals surface area contributed by atoms with E-state index in [1.165, 1.54) is 32.0 Å². The average molecular weight is 307 g/mol. The molecule has 0 aliphatic carbocycles. The van der Waals surface area contributed by atoms with Crippen molar-refractivity contribution >= 4 is 5.97 Å². The summed E-state index contributed by atoms with van der Waals surface area (Å²) >= 11 is 0. The Balaban J connectivity index is 3.26. The van der Waals surface area contributed by atoms with E-state index in [2.05, 4.69) is 5.32 Å². The Kier molecular flexibility index (Phi) is 5.71. The molecule has 3 nitrogen and oxygen atoms in total. The Bertz CT molecular complexity index is 490. The van der Waals surface area contributed by atoms with Crippen LogP contribution in [0, 0.1) is 5.82 Å². The molecule has 0 bridgehead atoms. The maximum atomic E-state index is 14.0. The van der Waals surface area contributed by atoms with Crippen molar-refractivity contribution in [3.05, 3.63) is 35.6 Å². The van der Waals surface area contributed by atoms with Crippen molar-refractivity contribution in [3.63, 3.8) is 0 Å². The van der Waals surface area contributed by atoms with Crippen LogP contribution >= 0.6 is 0 Å². The van der Waals surface area contributed by atoms with Crippen LogP contribution in [0.5, 0.6) is 0 Å². The smallest absolute Gasteiger partial charge is 0.401 e. The Hall–Kier alpha value is -1.63. The Morgan fingerprint density at radius 2 is 1.86 bits per heavy atom. The Morgan fingerprint density at radius 1 is 1.24 bits per heavy atom. The highest BCUT2D eigenvalue weighted by Gasteiger charge is 2.44. The van der Waals surface area contributed by atoms with Gasteiger partial charge >= 0.3 is 12.1 Å².